The molecule has 1 N–H and O–H groups in total. The van der Waals surface area contributed by atoms with Gasteiger partial charge in [-0.15, -0.1) is 11.3 Å². The first kappa shape index (κ1) is 23.6. The number of halogens is 1. The van der Waals surface area contributed by atoms with Crippen LogP contribution in [0.3, 0.4) is 0 Å². The molecular weight excluding hydrogens is 544 g/mol. The van der Waals surface area contributed by atoms with Crippen molar-refractivity contribution in [3.8, 4) is 11.1 Å². The summed E-state index contributed by atoms with van der Waals surface area (Å²) in [6.45, 7) is 0.911. The number of likely N-dealkylation sites (tertiary alicyclic amines) is 1. The predicted molar refractivity (Wildman–Crippen MR) is 138 cm³/mol. The summed E-state index contributed by atoms with van der Waals surface area (Å²) < 4.78 is 12.7. The molecule has 1 aromatic heterocycles. The minimum Gasteiger partial charge on any atom is -0.480 e. The molecule has 0 radical (unpaired) electrons. The minimum atomic E-state index is -1.01. The molecule has 0 spiro atoms. The number of nitrogens with zero attached hydrogens (tertiary/aromatic N) is 2. The van der Waals surface area contributed by atoms with Crippen LogP contribution in [0.2, 0.25) is 0 Å². The van der Waals surface area contributed by atoms with Crippen molar-refractivity contribution >= 4 is 39.3 Å². The first-order valence-electron chi connectivity index (χ1n) is 12.0. The zero-order chi connectivity index (χ0) is 24.9. The van der Waals surface area contributed by atoms with Gasteiger partial charge in [-0.2, -0.15) is 0 Å². The summed E-state index contributed by atoms with van der Waals surface area (Å²) in [4.78, 5) is 30.9. The second kappa shape index (κ2) is 9.28. The quantitative estimate of drug-likeness (QED) is 0.422. The maximum Gasteiger partial charge on any atom is 0.409 e. The zero-order valence-electron chi connectivity index (χ0n) is 19.4. The molecule has 3 unspecified atom stereocenters. The average Bonchev–Trinajstić information content (AvgIpc) is 3.64. The SMILES string of the molecule is O=C(O)COC1(c2nc(Br)cs2)CCC2CN(C(=O)OCC3c4ccccc4-c4ccccc43)CC21. The van der Waals surface area contributed by atoms with E-state index in [0.717, 1.165) is 11.4 Å². The van der Waals surface area contributed by atoms with Crippen LogP contribution in [0.15, 0.2) is 58.5 Å². The minimum absolute atomic E-state index is 0.00844. The summed E-state index contributed by atoms with van der Waals surface area (Å²) >= 11 is 4.87. The molecule has 36 heavy (non-hydrogen) atoms. The molecule has 9 heteroatoms. The molecule has 6 rings (SSSR count). The third kappa shape index (κ3) is 3.93. The molecule has 3 aromatic rings. The molecule has 2 aliphatic carbocycles. The standard InChI is InChI=1S/C27H25BrN2O5S/c28-23-15-36-25(29-23)27(35-14-24(31)32)10-9-16-11-30(12-22(16)27)26(33)34-13-21-19-7-3-1-5-17(19)18-6-2-4-8-20(18)21/h1-8,15-16,21-22H,9-14H2,(H,31,32). The Morgan fingerprint density at radius 2 is 1.81 bits per heavy atom. The number of benzene rings is 2. The Bertz CT molecular complexity index is 1280. The number of thiazole rings is 1. The van der Waals surface area contributed by atoms with Crippen molar-refractivity contribution in [2.75, 3.05) is 26.3 Å². The van der Waals surface area contributed by atoms with Gasteiger partial charge in [-0.25, -0.2) is 14.6 Å². The van der Waals surface area contributed by atoms with Crippen LogP contribution in [0.5, 0.6) is 0 Å². The van der Waals surface area contributed by atoms with Crippen molar-refractivity contribution in [1.82, 2.24) is 9.88 Å². The van der Waals surface area contributed by atoms with Crippen LogP contribution in [0.25, 0.3) is 11.1 Å². The number of rotatable bonds is 6. The van der Waals surface area contributed by atoms with Gasteiger partial charge in [0.05, 0.1) is 0 Å². The van der Waals surface area contributed by atoms with E-state index in [4.69, 9.17) is 9.47 Å². The summed E-state index contributed by atoms with van der Waals surface area (Å²) in [5, 5.41) is 11.9. The van der Waals surface area contributed by atoms with Crippen LogP contribution in [-0.4, -0.2) is 53.4 Å². The molecule has 1 amide bonds. The summed E-state index contributed by atoms with van der Waals surface area (Å²) in [6.07, 6.45) is 1.20. The fourth-order valence-corrected chi connectivity index (χ4v) is 7.76. The number of ether oxygens (including phenoxy) is 2. The van der Waals surface area contributed by atoms with E-state index in [0.29, 0.717) is 24.1 Å². The molecule has 1 saturated heterocycles. The number of hydrogen-bond donors (Lipinski definition) is 1. The highest BCUT2D eigenvalue weighted by atomic mass is 79.9. The molecular formula is C27H25BrN2O5S. The molecule has 1 saturated carbocycles. The van der Waals surface area contributed by atoms with E-state index in [1.165, 1.54) is 33.6 Å². The molecule has 2 fully saturated rings. The average molecular weight is 569 g/mol. The Morgan fingerprint density at radius 3 is 2.44 bits per heavy atom. The largest absolute Gasteiger partial charge is 0.480 e. The zero-order valence-corrected chi connectivity index (χ0v) is 21.8. The lowest BCUT2D eigenvalue weighted by Gasteiger charge is -2.33. The van der Waals surface area contributed by atoms with Crippen molar-refractivity contribution in [2.24, 2.45) is 11.8 Å². The van der Waals surface area contributed by atoms with Crippen LogP contribution < -0.4 is 0 Å². The molecule has 0 bridgehead atoms. The van der Waals surface area contributed by atoms with Gasteiger partial charge in [-0.3, -0.25) is 0 Å². The lowest BCUT2D eigenvalue weighted by atomic mass is 9.88. The number of aliphatic carboxylic acids is 1. The molecule has 186 valence electrons. The van der Waals surface area contributed by atoms with Gasteiger partial charge in [-0.1, -0.05) is 48.5 Å². The monoisotopic (exact) mass is 568 g/mol. The smallest absolute Gasteiger partial charge is 0.409 e. The van der Waals surface area contributed by atoms with Gasteiger partial charge in [0.2, 0.25) is 0 Å². The summed E-state index contributed by atoms with van der Waals surface area (Å²) in [6, 6.07) is 16.6. The highest BCUT2D eigenvalue weighted by Crippen LogP contribution is 2.54. The van der Waals surface area contributed by atoms with E-state index in [9.17, 15) is 14.7 Å². The summed E-state index contributed by atoms with van der Waals surface area (Å²) in [5.74, 6) is -0.828. The molecule has 1 aliphatic heterocycles. The topological polar surface area (TPSA) is 89.0 Å². The van der Waals surface area contributed by atoms with E-state index in [-0.39, 0.29) is 30.5 Å². The van der Waals surface area contributed by atoms with Gasteiger partial charge in [0, 0.05) is 30.3 Å². The van der Waals surface area contributed by atoms with Crippen molar-refractivity contribution < 1.29 is 24.2 Å². The molecule has 2 heterocycles. The highest BCUT2D eigenvalue weighted by molar-refractivity contribution is 9.10. The van der Waals surface area contributed by atoms with E-state index in [2.05, 4.69) is 45.2 Å². The van der Waals surface area contributed by atoms with Gasteiger partial charge in [-0.05, 0) is 56.9 Å². The number of carboxylic acids is 1. The Kier molecular flexibility index (Phi) is 6.09. The van der Waals surface area contributed by atoms with Gasteiger partial charge < -0.3 is 19.5 Å². The van der Waals surface area contributed by atoms with Gasteiger partial charge >= 0.3 is 12.1 Å². The Balaban J connectivity index is 1.18. The number of aromatic nitrogens is 1. The van der Waals surface area contributed by atoms with E-state index < -0.39 is 18.2 Å². The number of hydrogen-bond acceptors (Lipinski definition) is 6. The second-order valence-electron chi connectivity index (χ2n) is 9.66. The van der Waals surface area contributed by atoms with Crippen molar-refractivity contribution in [3.05, 3.63) is 74.6 Å². The Labute approximate surface area is 221 Å². The fourth-order valence-electron chi connectivity index (χ4n) is 6.26. The Morgan fingerprint density at radius 1 is 1.11 bits per heavy atom. The number of carbonyl (C=O) groups excluding carboxylic acids is 1. The van der Waals surface area contributed by atoms with Crippen molar-refractivity contribution in [3.63, 3.8) is 0 Å². The van der Waals surface area contributed by atoms with E-state index in [1.807, 2.05) is 29.6 Å². The van der Waals surface area contributed by atoms with E-state index >= 15 is 0 Å². The summed E-state index contributed by atoms with van der Waals surface area (Å²) in [7, 11) is 0. The third-order valence-corrected chi connectivity index (χ3v) is 9.52. The van der Waals surface area contributed by atoms with Gasteiger partial charge in [0.1, 0.15) is 28.4 Å². The number of fused-ring (bicyclic) bond motifs is 4. The van der Waals surface area contributed by atoms with Gasteiger partial charge in [0.25, 0.3) is 0 Å². The second-order valence-corrected chi connectivity index (χ2v) is 11.3. The van der Waals surface area contributed by atoms with Crippen molar-refractivity contribution in [2.45, 2.75) is 24.4 Å². The Hall–Kier alpha value is -2.75. The van der Waals surface area contributed by atoms with E-state index in [1.54, 1.807) is 4.90 Å². The third-order valence-electron chi connectivity index (χ3n) is 7.81. The fraction of sp³-hybridized carbons (Fsp3) is 0.370. The van der Waals surface area contributed by atoms with Crippen LogP contribution in [-0.2, 0) is 19.9 Å². The molecule has 3 aliphatic rings. The lowest BCUT2D eigenvalue weighted by Crippen LogP contribution is -2.40. The predicted octanol–water partition coefficient (Wildman–Crippen LogP) is 5.49. The van der Waals surface area contributed by atoms with Crippen LogP contribution in [0, 0.1) is 11.8 Å². The van der Waals surface area contributed by atoms with Crippen LogP contribution >= 0.6 is 27.3 Å². The number of amides is 1. The summed E-state index contributed by atoms with van der Waals surface area (Å²) in [5.41, 5.74) is 3.94. The molecule has 3 atom stereocenters. The highest BCUT2D eigenvalue weighted by Gasteiger charge is 2.57. The van der Waals surface area contributed by atoms with Crippen LogP contribution in [0.1, 0.15) is 34.9 Å². The normalized spacial score (nSPS) is 24.4. The van der Waals surface area contributed by atoms with Gasteiger partial charge in [0.15, 0.2) is 0 Å². The maximum absolute atomic E-state index is 13.2. The van der Waals surface area contributed by atoms with Crippen molar-refractivity contribution in [1.29, 1.82) is 0 Å². The molecule has 7 nitrogen and oxygen atoms in total. The number of carboxylic acid groups (broad SMARTS) is 1. The first-order valence-corrected chi connectivity index (χ1v) is 13.7. The number of carbonyl (C=O) groups is 2. The molecule has 2 aromatic carbocycles. The lowest BCUT2D eigenvalue weighted by molar-refractivity contribution is -0.154. The maximum atomic E-state index is 13.2. The first-order chi connectivity index (χ1) is 17.5. The van der Waals surface area contributed by atoms with Crippen LogP contribution in [0.4, 0.5) is 4.79 Å².